The van der Waals surface area contributed by atoms with Crippen LogP contribution in [0.5, 0.6) is 5.88 Å². The van der Waals surface area contributed by atoms with Crippen LogP contribution in [-0.2, 0) is 19.6 Å². The van der Waals surface area contributed by atoms with Crippen molar-refractivity contribution < 1.29 is 22.7 Å². The van der Waals surface area contributed by atoms with Crippen LogP contribution in [0.1, 0.15) is 67.2 Å². The fourth-order valence-corrected chi connectivity index (χ4v) is 6.08. The van der Waals surface area contributed by atoms with E-state index >= 15 is 0 Å². The number of pyridine rings is 1. The number of rotatable bonds is 8. The summed E-state index contributed by atoms with van der Waals surface area (Å²) in [6.45, 7) is 11.2. The van der Waals surface area contributed by atoms with Crippen molar-refractivity contribution in [1.29, 1.82) is 0 Å². The number of aromatic nitrogens is 3. The van der Waals surface area contributed by atoms with Crippen molar-refractivity contribution in [2.45, 2.75) is 90.4 Å². The van der Waals surface area contributed by atoms with Crippen molar-refractivity contribution >= 4 is 50.0 Å². The van der Waals surface area contributed by atoms with Crippen LogP contribution in [0, 0.1) is 5.92 Å². The lowest BCUT2D eigenvalue weighted by atomic mass is 10.2. The van der Waals surface area contributed by atoms with Crippen LogP contribution in [0.25, 0.3) is 21.6 Å². The Morgan fingerprint density at radius 3 is 2.14 bits per heavy atom. The van der Waals surface area contributed by atoms with E-state index in [1.165, 1.54) is 31.2 Å². The first-order chi connectivity index (χ1) is 20.9. The van der Waals surface area contributed by atoms with Crippen molar-refractivity contribution in [3.05, 3.63) is 65.3 Å². The maximum Gasteiger partial charge on any atom is 0.308 e. The van der Waals surface area contributed by atoms with Crippen molar-refractivity contribution in [2.24, 2.45) is 5.92 Å². The van der Waals surface area contributed by atoms with E-state index in [0.29, 0.717) is 5.88 Å². The zero-order chi connectivity index (χ0) is 32.3. The van der Waals surface area contributed by atoms with Crippen molar-refractivity contribution in [2.75, 3.05) is 0 Å². The van der Waals surface area contributed by atoms with Crippen LogP contribution in [0.4, 0.5) is 0 Å². The Balaban J connectivity index is 0.000000189. The Labute approximate surface area is 269 Å². The van der Waals surface area contributed by atoms with Crippen LogP contribution >= 0.6 is 22.9 Å². The van der Waals surface area contributed by atoms with Crippen LogP contribution in [0.2, 0.25) is 5.15 Å². The molecule has 0 radical (unpaired) electrons. The minimum atomic E-state index is -3.45. The second-order valence-corrected chi connectivity index (χ2v) is 14.1. The van der Waals surface area contributed by atoms with Gasteiger partial charge in [-0.05, 0) is 89.1 Å². The molecule has 0 saturated heterocycles. The van der Waals surface area contributed by atoms with Gasteiger partial charge in [-0.15, -0.1) is 11.3 Å². The summed E-state index contributed by atoms with van der Waals surface area (Å²) in [4.78, 5) is 25.3. The summed E-state index contributed by atoms with van der Waals surface area (Å²) < 4.78 is 36.6. The molecule has 1 aromatic carbocycles. The molecule has 1 aliphatic rings. The molecule has 3 heterocycles. The van der Waals surface area contributed by atoms with Crippen LogP contribution in [-0.4, -0.2) is 47.6 Å². The van der Waals surface area contributed by atoms with E-state index in [1.54, 1.807) is 25.2 Å². The van der Waals surface area contributed by atoms with E-state index in [4.69, 9.17) is 26.1 Å². The van der Waals surface area contributed by atoms with Gasteiger partial charge >= 0.3 is 5.97 Å². The van der Waals surface area contributed by atoms with Gasteiger partial charge in [0.05, 0.1) is 27.9 Å². The molecule has 1 N–H and O–H groups in total. The molecule has 5 rings (SSSR count). The lowest BCUT2D eigenvalue weighted by Crippen LogP contribution is -2.30. The highest BCUT2D eigenvalue weighted by Crippen LogP contribution is 2.32. The fourth-order valence-electron chi connectivity index (χ4n) is 4.07. The van der Waals surface area contributed by atoms with Gasteiger partial charge in [0.25, 0.3) is 0 Å². The number of esters is 1. The maximum absolute atomic E-state index is 11.6. The number of nitrogens with one attached hydrogen (secondary N) is 1. The molecule has 12 heteroatoms. The van der Waals surface area contributed by atoms with Gasteiger partial charge in [0.2, 0.25) is 15.9 Å². The molecule has 0 aliphatic heterocycles. The van der Waals surface area contributed by atoms with Crippen LogP contribution in [0.15, 0.2) is 65.0 Å². The summed E-state index contributed by atoms with van der Waals surface area (Å²) in [5.41, 5.74) is 2.57. The molecule has 0 spiro atoms. The first-order valence-corrected chi connectivity index (χ1v) is 17.4. The molecule has 1 saturated carbocycles. The summed E-state index contributed by atoms with van der Waals surface area (Å²) in [7, 11) is -3.45. The topological polar surface area (TPSA) is 120 Å². The van der Waals surface area contributed by atoms with Gasteiger partial charge in [-0.3, -0.25) is 4.79 Å². The van der Waals surface area contributed by atoms with E-state index in [2.05, 4.69) is 14.7 Å². The molecular formula is C32H41ClN4O5S2. The number of hydrogen-bond acceptors (Lipinski definition) is 9. The molecule has 9 nitrogen and oxygen atoms in total. The number of fused-ring (bicyclic) bond motifs is 1. The number of halogens is 1. The normalized spacial score (nSPS) is 13.4. The maximum atomic E-state index is 11.6. The van der Waals surface area contributed by atoms with E-state index < -0.39 is 10.0 Å². The second-order valence-electron chi connectivity index (χ2n) is 11.1. The number of carbonyl (C=O) groups is 1. The summed E-state index contributed by atoms with van der Waals surface area (Å²) in [6, 6.07) is 14.6. The van der Waals surface area contributed by atoms with Crippen LogP contribution in [0.3, 0.4) is 0 Å². The third kappa shape index (κ3) is 11.1. The molecule has 0 bridgehead atoms. The lowest BCUT2D eigenvalue weighted by molar-refractivity contribution is -0.152. The van der Waals surface area contributed by atoms with Gasteiger partial charge in [-0.25, -0.2) is 28.1 Å². The quantitative estimate of drug-likeness (QED) is 0.151. The van der Waals surface area contributed by atoms with Gasteiger partial charge in [0.1, 0.15) is 21.8 Å². The number of ether oxygens (including phenoxy) is 2. The molecule has 0 amide bonds. The zero-order valence-corrected chi connectivity index (χ0v) is 28.4. The number of nitrogens with zero attached hydrogens (tertiary/aromatic N) is 3. The zero-order valence-electron chi connectivity index (χ0n) is 26.0. The largest absolute Gasteiger partial charge is 0.473 e. The highest BCUT2D eigenvalue weighted by molar-refractivity contribution is 7.89. The number of benzene rings is 1. The smallest absolute Gasteiger partial charge is 0.308 e. The Morgan fingerprint density at radius 2 is 1.61 bits per heavy atom. The van der Waals surface area contributed by atoms with E-state index in [1.807, 2.05) is 69.5 Å². The molecule has 3 aromatic heterocycles. The van der Waals surface area contributed by atoms with Gasteiger partial charge < -0.3 is 9.47 Å². The first kappa shape index (κ1) is 35.4. The molecule has 1 aliphatic carbocycles. The number of thiophene rings is 1. The standard InChI is InChI=1S/C15H14N2OS.C9H16O2.C8H11ClN2O2S/c1-10(2)18-15-14(13-8-5-9-19-13)16-11-6-3-4-7-12(11)17-15;1-7(2)9(10)11-8-5-3-4-6-8;1-6(2)11-14(12,13)7-3-4-8(9)10-5-7/h3-10H,1-2H3;7-8H,3-6H2,1-2H3;3-6,11H,1-2H3. The Morgan fingerprint density at radius 1 is 0.955 bits per heavy atom. The summed E-state index contributed by atoms with van der Waals surface area (Å²) >= 11 is 7.18. The SMILES string of the molecule is CC(C)C(=O)OC1CCCC1.CC(C)NS(=O)(=O)c1ccc(Cl)nc1.CC(C)Oc1nc2ccccc2nc1-c1cccs1. The van der Waals surface area contributed by atoms with Crippen LogP contribution < -0.4 is 9.46 Å². The predicted molar refractivity (Wildman–Crippen MR) is 177 cm³/mol. The number of carbonyl (C=O) groups excluding carboxylic acids is 1. The van der Waals surface area contributed by atoms with Gasteiger partial charge in [-0.1, -0.05) is 43.6 Å². The summed E-state index contributed by atoms with van der Waals surface area (Å²) in [5, 5.41) is 2.30. The number of hydrogen-bond donors (Lipinski definition) is 1. The minimum absolute atomic E-state index is 0.0237. The molecule has 238 valence electrons. The van der Waals surface area contributed by atoms with Crippen molar-refractivity contribution in [3.8, 4) is 16.5 Å². The van der Waals surface area contributed by atoms with Gasteiger partial charge in [0.15, 0.2) is 0 Å². The summed E-state index contributed by atoms with van der Waals surface area (Å²) in [5.74, 6) is 0.587. The highest BCUT2D eigenvalue weighted by atomic mass is 35.5. The second kappa shape index (κ2) is 16.8. The monoisotopic (exact) mass is 660 g/mol. The molecule has 4 aromatic rings. The third-order valence-corrected chi connectivity index (χ3v) is 8.84. The first-order valence-electron chi connectivity index (χ1n) is 14.7. The Kier molecular flexibility index (Phi) is 13.5. The van der Waals surface area contributed by atoms with Crippen molar-refractivity contribution in [3.63, 3.8) is 0 Å². The fraction of sp³-hybridized carbons (Fsp3) is 0.438. The molecular weight excluding hydrogens is 620 g/mol. The Bertz CT molecular complexity index is 1570. The lowest BCUT2D eigenvalue weighted by Gasteiger charge is -2.12. The highest BCUT2D eigenvalue weighted by Gasteiger charge is 2.20. The summed E-state index contributed by atoms with van der Waals surface area (Å²) in [6.07, 6.45) is 6.11. The average Bonchev–Trinajstić information content (AvgIpc) is 3.68. The third-order valence-electron chi connectivity index (χ3n) is 6.10. The Hall–Kier alpha value is -3.12. The predicted octanol–water partition coefficient (Wildman–Crippen LogP) is 7.70. The minimum Gasteiger partial charge on any atom is -0.473 e. The molecule has 44 heavy (non-hydrogen) atoms. The van der Waals surface area contributed by atoms with E-state index in [-0.39, 0.29) is 40.2 Å². The van der Waals surface area contributed by atoms with Gasteiger partial charge in [-0.2, -0.15) is 0 Å². The van der Waals surface area contributed by atoms with Gasteiger partial charge in [0, 0.05) is 12.2 Å². The molecule has 0 unspecified atom stereocenters. The van der Waals surface area contributed by atoms with E-state index in [9.17, 15) is 13.2 Å². The molecule has 0 atom stereocenters. The number of sulfonamides is 1. The molecule has 1 fully saturated rings. The van der Waals surface area contributed by atoms with E-state index in [0.717, 1.165) is 34.4 Å². The average molecular weight is 661 g/mol. The number of para-hydroxylation sites is 2. The van der Waals surface area contributed by atoms with Crippen molar-refractivity contribution in [1.82, 2.24) is 19.7 Å².